The van der Waals surface area contributed by atoms with E-state index >= 15 is 4.79 Å². The highest BCUT2D eigenvalue weighted by Crippen LogP contribution is 2.66. The van der Waals surface area contributed by atoms with Gasteiger partial charge in [0, 0.05) is 35.2 Å². The SMILES string of the molecule is CCN1C(=O)C2CC=C3C(CC4C(=O)N(Nc5ccc(F)cc5)C(=O)C4(c4ccc(Cl)cc4)C3c3c(O)cc(OC)cc3OC)C2C1=O. The number of ether oxygens (including phenoxy) is 2. The minimum atomic E-state index is -1.67. The predicted molar refractivity (Wildman–Crippen MR) is 173 cm³/mol. The molecule has 2 N–H and O–H groups in total. The van der Waals surface area contributed by atoms with Crippen LogP contribution in [0, 0.1) is 29.5 Å². The van der Waals surface area contributed by atoms with Crippen LogP contribution in [-0.2, 0) is 24.6 Å². The van der Waals surface area contributed by atoms with Crippen LogP contribution in [0.4, 0.5) is 10.1 Å². The number of phenolic OH excluding ortho intramolecular Hbond substituents is 1. The topological polar surface area (TPSA) is 125 Å². The van der Waals surface area contributed by atoms with Gasteiger partial charge in [-0.05, 0) is 67.6 Å². The van der Waals surface area contributed by atoms with Crippen LogP contribution in [0.5, 0.6) is 17.2 Å². The lowest BCUT2D eigenvalue weighted by Gasteiger charge is -2.50. The molecule has 3 aromatic rings. The van der Waals surface area contributed by atoms with E-state index in [9.17, 15) is 23.9 Å². The Kier molecular flexibility index (Phi) is 7.70. The Hall–Kier alpha value is -4.90. The second-order valence-corrected chi connectivity index (χ2v) is 13.0. The summed E-state index contributed by atoms with van der Waals surface area (Å²) < 4.78 is 25.0. The van der Waals surface area contributed by atoms with Crippen molar-refractivity contribution in [2.24, 2.45) is 23.7 Å². The molecule has 12 heteroatoms. The van der Waals surface area contributed by atoms with E-state index in [1.807, 2.05) is 6.08 Å². The van der Waals surface area contributed by atoms with E-state index < -0.39 is 52.6 Å². The number of imide groups is 2. The molecule has 7 rings (SSSR count). The molecule has 0 spiro atoms. The molecule has 2 aliphatic heterocycles. The van der Waals surface area contributed by atoms with E-state index in [1.54, 1.807) is 37.3 Å². The van der Waals surface area contributed by atoms with E-state index in [1.165, 1.54) is 49.5 Å². The second kappa shape index (κ2) is 11.7. The number of nitrogens with one attached hydrogen (secondary N) is 1. The number of nitrogens with zero attached hydrogens (tertiary/aromatic N) is 2. The second-order valence-electron chi connectivity index (χ2n) is 12.6. The van der Waals surface area contributed by atoms with E-state index in [0.29, 0.717) is 27.6 Å². The average molecular weight is 674 g/mol. The molecule has 0 aromatic heterocycles. The van der Waals surface area contributed by atoms with Crippen LogP contribution in [0.25, 0.3) is 0 Å². The summed E-state index contributed by atoms with van der Waals surface area (Å²) in [5.41, 5.74) is 2.90. The zero-order chi connectivity index (χ0) is 34.1. The molecule has 6 unspecified atom stereocenters. The van der Waals surface area contributed by atoms with Gasteiger partial charge in [0.1, 0.15) is 23.1 Å². The van der Waals surface area contributed by atoms with Gasteiger partial charge in [-0.2, -0.15) is 5.01 Å². The number of phenols is 1. The molecule has 48 heavy (non-hydrogen) atoms. The lowest BCUT2D eigenvalue weighted by Crippen LogP contribution is -2.53. The molecule has 2 aliphatic carbocycles. The number of halogens is 2. The standard InChI is InChI=1S/C36H33ClFN3O7/c1-4-40-32(43)24-14-13-23-25(29(24)34(40)45)17-26-33(44)41(39-21-11-9-20(38)10-12-21)35(46)36(26,18-5-7-19(37)8-6-18)31(23)30-27(42)15-22(47-2)16-28(30)48-3/h5-13,15-16,24-26,29,31,39,42H,4,14,17H2,1-3H3. The van der Waals surface area contributed by atoms with Crippen LogP contribution in [-0.4, -0.2) is 59.4 Å². The number of rotatable bonds is 7. The molecule has 6 atom stereocenters. The Morgan fingerprint density at radius 2 is 1.67 bits per heavy atom. The van der Waals surface area contributed by atoms with Gasteiger partial charge in [-0.1, -0.05) is 35.4 Å². The Balaban J connectivity index is 1.51. The fraction of sp³-hybridized carbons (Fsp3) is 0.333. The van der Waals surface area contributed by atoms with Crippen molar-refractivity contribution in [2.75, 3.05) is 26.2 Å². The molecule has 3 fully saturated rings. The van der Waals surface area contributed by atoms with Crippen molar-refractivity contribution >= 4 is 40.9 Å². The van der Waals surface area contributed by atoms with Gasteiger partial charge >= 0.3 is 0 Å². The summed E-state index contributed by atoms with van der Waals surface area (Å²) in [6.45, 7) is 1.96. The van der Waals surface area contributed by atoms with Crippen LogP contribution >= 0.6 is 11.6 Å². The number of hydrogen-bond acceptors (Lipinski definition) is 8. The van der Waals surface area contributed by atoms with Crippen molar-refractivity contribution in [2.45, 2.75) is 31.1 Å². The molecule has 3 aromatic carbocycles. The van der Waals surface area contributed by atoms with Crippen LogP contribution in [0.15, 0.2) is 72.3 Å². The van der Waals surface area contributed by atoms with Gasteiger partial charge < -0.3 is 14.6 Å². The van der Waals surface area contributed by atoms with Crippen molar-refractivity contribution in [3.63, 3.8) is 0 Å². The average Bonchev–Trinajstić information content (AvgIpc) is 3.46. The number of allylic oxidation sites excluding steroid dienone is 2. The molecule has 4 aliphatic rings. The van der Waals surface area contributed by atoms with Gasteiger partial charge in [0.2, 0.25) is 11.8 Å². The predicted octanol–water partition coefficient (Wildman–Crippen LogP) is 5.21. The summed E-state index contributed by atoms with van der Waals surface area (Å²) in [5.74, 6) is -6.03. The third kappa shape index (κ3) is 4.43. The maximum Gasteiger partial charge on any atom is 0.260 e. The number of anilines is 1. The maximum absolute atomic E-state index is 15.2. The number of hydrogen-bond donors (Lipinski definition) is 2. The van der Waals surface area contributed by atoms with Crippen LogP contribution in [0.3, 0.4) is 0 Å². The Labute approximate surface area is 281 Å². The van der Waals surface area contributed by atoms with E-state index in [0.717, 1.165) is 5.01 Å². The van der Waals surface area contributed by atoms with Crippen LogP contribution in [0.2, 0.25) is 5.02 Å². The number of hydrazine groups is 1. The van der Waals surface area contributed by atoms with Crippen molar-refractivity contribution in [3.05, 3.63) is 94.3 Å². The summed E-state index contributed by atoms with van der Waals surface area (Å²) in [4.78, 5) is 58.4. The first kappa shape index (κ1) is 31.7. The van der Waals surface area contributed by atoms with Gasteiger partial charge in [-0.25, -0.2) is 4.39 Å². The van der Waals surface area contributed by atoms with Gasteiger partial charge in [0.25, 0.3) is 11.8 Å². The van der Waals surface area contributed by atoms with Gasteiger partial charge in [0.05, 0.1) is 43.1 Å². The van der Waals surface area contributed by atoms with Crippen LogP contribution < -0.4 is 14.9 Å². The summed E-state index contributed by atoms with van der Waals surface area (Å²) in [5, 5.41) is 13.1. The Morgan fingerprint density at radius 3 is 2.31 bits per heavy atom. The minimum absolute atomic E-state index is 0.0775. The first-order chi connectivity index (χ1) is 23.1. The van der Waals surface area contributed by atoms with Crippen LogP contribution in [0.1, 0.15) is 36.8 Å². The van der Waals surface area contributed by atoms with Gasteiger partial charge in [0.15, 0.2) is 0 Å². The molecule has 0 bridgehead atoms. The number of methoxy groups -OCH3 is 2. The summed E-state index contributed by atoms with van der Waals surface area (Å²) >= 11 is 6.33. The maximum atomic E-state index is 15.2. The summed E-state index contributed by atoms with van der Waals surface area (Å²) in [6, 6.07) is 14.9. The number of carbonyl (C=O) groups excluding carboxylic acids is 4. The highest BCUT2D eigenvalue weighted by molar-refractivity contribution is 6.30. The fourth-order valence-corrected chi connectivity index (χ4v) is 8.64. The number of fused-ring (bicyclic) bond motifs is 4. The molecular weight excluding hydrogens is 641 g/mol. The summed E-state index contributed by atoms with van der Waals surface area (Å²) in [7, 11) is 2.87. The minimum Gasteiger partial charge on any atom is -0.507 e. The third-order valence-corrected chi connectivity index (χ3v) is 10.8. The molecule has 2 heterocycles. The molecule has 2 saturated heterocycles. The van der Waals surface area contributed by atoms with Crippen molar-refractivity contribution in [1.29, 1.82) is 0 Å². The first-order valence-electron chi connectivity index (χ1n) is 15.7. The first-order valence-corrected chi connectivity index (χ1v) is 16.1. The molecule has 0 radical (unpaired) electrons. The van der Waals surface area contributed by atoms with E-state index in [-0.39, 0.29) is 48.3 Å². The molecule has 248 valence electrons. The Bertz CT molecular complexity index is 1880. The quantitative estimate of drug-likeness (QED) is 0.259. The molecule has 10 nitrogen and oxygen atoms in total. The Morgan fingerprint density at radius 1 is 0.958 bits per heavy atom. The van der Waals surface area contributed by atoms with Crippen molar-refractivity contribution in [3.8, 4) is 17.2 Å². The van der Waals surface area contributed by atoms with Crippen molar-refractivity contribution in [1.82, 2.24) is 9.91 Å². The van der Waals surface area contributed by atoms with Gasteiger partial charge in [-0.15, -0.1) is 0 Å². The molecular formula is C36H33ClFN3O7. The number of amides is 4. The smallest absolute Gasteiger partial charge is 0.260 e. The highest BCUT2D eigenvalue weighted by atomic mass is 35.5. The number of aromatic hydroxyl groups is 1. The molecule has 4 amide bonds. The zero-order valence-electron chi connectivity index (χ0n) is 26.4. The number of likely N-dealkylation sites (tertiary alicyclic amines) is 1. The zero-order valence-corrected chi connectivity index (χ0v) is 27.2. The van der Waals surface area contributed by atoms with Crippen molar-refractivity contribution < 1.29 is 38.1 Å². The van der Waals surface area contributed by atoms with E-state index in [4.69, 9.17) is 21.1 Å². The number of benzene rings is 3. The van der Waals surface area contributed by atoms with E-state index in [2.05, 4.69) is 5.43 Å². The number of carbonyl (C=O) groups is 4. The lowest BCUT2D eigenvalue weighted by atomic mass is 9.49. The molecule has 1 saturated carbocycles. The van der Waals surface area contributed by atoms with Gasteiger partial charge in [-0.3, -0.25) is 29.5 Å². The normalized spacial score (nSPS) is 27.8. The lowest BCUT2D eigenvalue weighted by molar-refractivity contribution is -0.141. The fourth-order valence-electron chi connectivity index (χ4n) is 8.51. The largest absolute Gasteiger partial charge is 0.507 e. The third-order valence-electron chi connectivity index (χ3n) is 10.5. The summed E-state index contributed by atoms with van der Waals surface area (Å²) in [6.07, 6.45) is 2.22. The monoisotopic (exact) mass is 673 g/mol. The highest BCUT2D eigenvalue weighted by Gasteiger charge is 2.71.